The van der Waals surface area contributed by atoms with Crippen molar-refractivity contribution in [3.8, 4) is 0 Å². The maximum Gasteiger partial charge on any atom is -0.0231 e. The van der Waals surface area contributed by atoms with Gasteiger partial charge in [-0.15, -0.1) is 0 Å². The molecule has 0 atom stereocenters. The van der Waals surface area contributed by atoms with E-state index in [1.807, 2.05) is 71.9 Å². The molecule has 98 valence electrons. The third-order valence-corrected chi connectivity index (χ3v) is 1.64. The summed E-state index contributed by atoms with van der Waals surface area (Å²) in [5.74, 6) is 0. The molecule has 0 N–H and O–H groups in total. The summed E-state index contributed by atoms with van der Waals surface area (Å²) in [6.07, 6.45) is 14.1. The van der Waals surface area contributed by atoms with Crippen LogP contribution in [-0.4, -0.2) is 0 Å². The molecule has 0 heterocycles. The molecule has 0 aliphatic rings. The molecule has 0 radical (unpaired) electrons. The molecule has 0 fully saturated rings. The van der Waals surface area contributed by atoms with Crippen LogP contribution in [0.25, 0.3) is 0 Å². The first-order valence-corrected chi connectivity index (χ1v) is 6.51. The van der Waals surface area contributed by atoms with Crippen molar-refractivity contribution in [3.63, 3.8) is 0 Å². The first-order chi connectivity index (χ1) is 8.26. The van der Waals surface area contributed by atoms with Gasteiger partial charge in [0.05, 0.1) is 0 Å². The van der Waals surface area contributed by atoms with E-state index >= 15 is 0 Å². The summed E-state index contributed by atoms with van der Waals surface area (Å²) >= 11 is 0. The van der Waals surface area contributed by atoms with Gasteiger partial charge >= 0.3 is 0 Å². The van der Waals surface area contributed by atoms with E-state index in [2.05, 4.69) is 25.7 Å². The van der Waals surface area contributed by atoms with Crippen LogP contribution in [0.4, 0.5) is 0 Å². The molecule has 0 unspecified atom stereocenters. The number of rotatable bonds is 4. The summed E-state index contributed by atoms with van der Waals surface area (Å²) in [5.41, 5.74) is 2.45. The molecule has 0 rings (SSSR count). The molecular formula is C17H30. The van der Waals surface area contributed by atoms with Gasteiger partial charge in [-0.2, -0.15) is 0 Å². The third-order valence-electron chi connectivity index (χ3n) is 1.64. The molecular weight excluding hydrogens is 204 g/mol. The van der Waals surface area contributed by atoms with Gasteiger partial charge < -0.3 is 0 Å². The predicted octanol–water partition coefficient (Wildman–Crippen LogP) is 6.25. The van der Waals surface area contributed by atoms with Gasteiger partial charge in [0, 0.05) is 0 Å². The zero-order valence-corrected chi connectivity index (χ0v) is 12.7. The van der Waals surface area contributed by atoms with Gasteiger partial charge in [-0.25, -0.2) is 0 Å². The standard InChI is InChI=1S/C13H18.2C2H6/c1-5-8-11-13(10-7-3)12(4)9-6-2;2*1-2/h5-11H,2H2,1,3-4H3;2*1-2H3/b8-5-,10-7-,12-9-,13-11-;;. The molecule has 0 heteroatoms. The Labute approximate surface area is 109 Å². The van der Waals surface area contributed by atoms with Gasteiger partial charge in [-0.05, 0) is 31.9 Å². The predicted molar refractivity (Wildman–Crippen MR) is 84.4 cm³/mol. The largest absolute Gasteiger partial charge is 0.0991 e. The highest BCUT2D eigenvalue weighted by molar-refractivity contribution is 5.41. The van der Waals surface area contributed by atoms with E-state index < -0.39 is 0 Å². The monoisotopic (exact) mass is 234 g/mol. The van der Waals surface area contributed by atoms with Crippen molar-refractivity contribution in [2.24, 2.45) is 0 Å². The molecule has 0 bridgehead atoms. The average molecular weight is 234 g/mol. The maximum absolute atomic E-state index is 3.68. The van der Waals surface area contributed by atoms with Crippen LogP contribution in [-0.2, 0) is 0 Å². The molecule has 0 aliphatic heterocycles. The average Bonchev–Trinajstić information content (AvgIpc) is 2.39. The summed E-state index contributed by atoms with van der Waals surface area (Å²) in [7, 11) is 0. The van der Waals surface area contributed by atoms with Crippen LogP contribution < -0.4 is 0 Å². The summed E-state index contributed by atoms with van der Waals surface area (Å²) < 4.78 is 0. The van der Waals surface area contributed by atoms with Crippen LogP contribution in [0.2, 0.25) is 0 Å². The van der Waals surface area contributed by atoms with E-state index in [0.717, 1.165) is 0 Å². The minimum absolute atomic E-state index is 1.22. The van der Waals surface area contributed by atoms with Crippen LogP contribution in [0, 0.1) is 0 Å². The van der Waals surface area contributed by atoms with Gasteiger partial charge in [0.1, 0.15) is 0 Å². The van der Waals surface area contributed by atoms with Gasteiger partial charge in [-0.1, -0.05) is 76.8 Å². The van der Waals surface area contributed by atoms with E-state index in [1.54, 1.807) is 0 Å². The second-order valence-corrected chi connectivity index (χ2v) is 2.73. The van der Waals surface area contributed by atoms with E-state index in [4.69, 9.17) is 0 Å². The van der Waals surface area contributed by atoms with Crippen molar-refractivity contribution in [2.45, 2.75) is 48.5 Å². The number of hydrogen-bond acceptors (Lipinski definition) is 0. The third kappa shape index (κ3) is 14.7. The lowest BCUT2D eigenvalue weighted by Crippen LogP contribution is -1.79. The Morgan fingerprint density at radius 2 is 1.41 bits per heavy atom. The van der Waals surface area contributed by atoms with E-state index in [1.165, 1.54) is 11.1 Å². The van der Waals surface area contributed by atoms with Gasteiger partial charge in [0.25, 0.3) is 0 Å². The van der Waals surface area contributed by atoms with Gasteiger partial charge in [-0.3, -0.25) is 0 Å². The minimum atomic E-state index is 1.22. The Balaban J connectivity index is -0.000000439. The summed E-state index contributed by atoms with van der Waals surface area (Å²) in [4.78, 5) is 0. The molecule has 17 heavy (non-hydrogen) atoms. The molecule has 0 nitrogen and oxygen atoms in total. The smallest absolute Gasteiger partial charge is 0.0231 e. The Kier molecular flexibility index (Phi) is 24.9. The minimum Gasteiger partial charge on any atom is -0.0991 e. The van der Waals surface area contributed by atoms with Crippen LogP contribution in [0.3, 0.4) is 0 Å². The Hall–Kier alpha value is -1.30. The van der Waals surface area contributed by atoms with Gasteiger partial charge in [0.15, 0.2) is 0 Å². The lowest BCUT2D eigenvalue weighted by molar-refractivity contribution is 1.42. The lowest BCUT2D eigenvalue weighted by Gasteiger charge is -1.99. The quantitative estimate of drug-likeness (QED) is 0.504. The van der Waals surface area contributed by atoms with Crippen LogP contribution in [0.1, 0.15) is 48.5 Å². The second-order valence-electron chi connectivity index (χ2n) is 2.73. The number of allylic oxidation sites excluding steroid dienone is 9. The lowest BCUT2D eigenvalue weighted by atomic mass is 10.1. The molecule has 0 saturated heterocycles. The molecule has 0 aromatic rings. The highest BCUT2D eigenvalue weighted by Gasteiger charge is 1.91. The maximum atomic E-state index is 3.68. The van der Waals surface area contributed by atoms with Gasteiger partial charge in [0.2, 0.25) is 0 Å². The zero-order chi connectivity index (χ0) is 14.1. The van der Waals surface area contributed by atoms with E-state index in [-0.39, 0.29) is 0 Å². The van der Waals surface area contributed by atoms with Crippen LogP contribution in [0.5, 0.6) is 0 Å². The fraction of sp³-hybridized carbons (Fsp3) is 0.412. The first-order valence-electron chi connectivity index (χ1n) is 6.51. The Morgan fingerprint density at radius 3 is 1.76 bits per heavy atom. The van der Waals surface area contributed by atoms with Crippen molar-refractivity contribution in [2.75, 3.05) is 0 Å². The summed E-state index contributed by atoms with van der Waals surface area (Å²) in [6.45, 7) is 17.8. The Bertz CT molecular complexity index is 260. The van der Waals surface area contributed by atoms with Crippen molar-refractivity contribution in [3.05, 3.63) is 60.3 Å². The van der Waals surface area contributed by atoms with Crippen molar-refractivity contribution in [1.29, 1.82) is 0 Å². The van der Waals surface area contributed by atoms with Crippen molar-refractivity contribution < 1.29 is 0 Å². The normalized spacial score (nSPS) is 11.7. The SMILES string of the molecule is C=C\C=C(C)/C(/C=C\C)=C\C=C/C.CC.CC. The number of hydrogen-bond donors (Lipinski definition) is 0. The van der Waals surface area contributed by atoms with Crippen molar-refractivity contribution in [1.82, 2.24) is 0 Å². The van der Waals surface area contributed by atoms with Crippen LogP contribution >= 0.6 is 0 Å². The highest BCUT2D eigenvalue weighted by atomic mass is 14.0. The molecule has 0 saturated carbocycles. The Morgan fingerprint density at radius 1 is 0.882 bits per heavy atom. The topological polar surface area (TPSA) is 0 Å². The molecule has 0 spiro atoms. The van der Waals surface area contributed by atoms with E-state index in [0.29, 0.717) is 0 Å². The zero-order valence-electron chi connectivity index (χ0n) is 12.7. The van der Waals surface area contributed by atoms with E-state index in [9.17, 15) is 0 Å². The molecule has 0 amide bonds. The summed E-state index contributed by atoms with van der Waals surface area (Å²) in [5, 5.41) is 0. The fourth-order valence-corrected chi connectivity index (χ4v) is 0.971. The first kappa shape index (κ1) is 21.0. The van der Waals surface area contributed by atoms with Crippen molar-refractivity contribution >= 4 is 0 Å². The van der Waals surface area contributed by atoms with Crippen LogP contribution in [0.15, 0.2) is 60.3 Å². The molecule has 0 aromatic carbocycles. The second kappa shape index (κ2) is 20.2. The molecule has 0 aromatic heterocycles. The highest BCUT2D eigenvalue weighted by Crippen LogP contribution is 2.11. The summed E-state index contributed by atoms with van der Waals surface area (Å²) in [6, 6.07) is 0. The fourth-order valence-electron chi connectivity index (χ4n) is 0.971. The molecule has 0 aliphatic carbocycles.